The Morgan fingerprint density at radius 3 is 2.44 bits per heavy atom. The predicted molar refractivity (Wildman–Crippen MR) is 79.6 cm³/mol. The predicted octanol–water partition coefficient (Wildman–Crippen LogP) is 4.09. The number of anilines is 1. The summed E-state index contributed by atoms with van der Waals surface area (Å²) in [6.45, 7) is 4.45. The fourth-order valence-corrected chi connectivity index (χ4v) is 2.58. The number of hydrogen-bond donors (Lipinski definition) is 1. The first kappa shape index (κ1) is 13.1. The van der Waals surface area contributed by atoms with Crippen LogP contribution in [-0.4, -0.2) is 12.0 Å². The summed E-state index contributed by atoms with van der Waals surface area (Å²) in [4.78, 5) is 4.50. The number of nitrogens with one attached hydrogen (secondary N) is 1. The Morgan fingerprint density at radius 1 is 1.17 bits per heavy atom. The van der Waals surface area contributed by atoms with Gasteiger partial charge in [0.2, 0.25) is 0 Å². The van der Waals surface area contributed by atoms with Gasteiger partial charge in [0, 0.05) is 12.4 Å². The second-order valence-corrected chi connectivity index (χ2v) is 5.65. The van der Waals surface area contributed by atoms with Gasteiger partial charge >= 0.3 is 0 Å². The molecule has 0 unspecified atom stereocenters. The summed E-state index contributed by atoms with van der Waals surface area (Å²) in [7, 11) is 1.91. The highest BCUT2D eigenvalue weighted by Crippen LogP contribution is 2.18. The van der Waals surface area contributed by atoms with E-state index in [1.165, 1.54) is 16.8 Å². The van der Waals surface area contributed by atoms with Crippen molar-refractivity contribution in [2.24, 2.45) is 0 Å². The van der Waals surface area contributed by atoms with Gasteiger partial charge in [-0.3, -0.25) is 0 Å². The molecule has 0 fully saturated rings. The summed E-state index contributed by atoms with van der Waals surface area (Å²) in [5, 5.41) is 6.21. The highest BCUT2D eigenvalue weighted by atomic mass is 32.1. The molecule has 1 aromatic carbocycles. The van der Waals surface area contributed by atoms with Crippen LogP contribution in [0.1, 0.15) is 36.6 Å². The zero-order chi connectivity index (χ0) is 13.0. The van der Waals surface area contributed by atoms with Gasteiger partial charge in [-0.05, 0) is 29.9 Å². The quantitative estimate of drug-likeness (QED) is 0.875. The first-order chi connectivity index (χ1) is 8.69. The minimum absolute atomic E-state index is 0.607. The first-order valence-electron chi connectivity index (χ1n) is 6.40. The monoisotopic (exact) mass is 260 g/mol. The van der Waals surface area contributed by atoms with Gasteiger partial charge in [0.05, 0.1) is 5.69 Å². The average molecular weight is 260 g/mol. The van der Waals surface area contributed by atoms with Gasteiger partial charge in [0.1, 0.15) is 0 Å². The third-order valence-corrected chi connectivity index (χ3v) is 3.99. The molecule has 2 nitrogen and oxygen atoms in total. The molecule has 0 amide bonds. The number of benzene rings is 1. The number of nitrogens with zero attached hydrogens (tertiary/aromatic N) is 1. The lowest BCUT2D eigenvalue weighted by molar-refractivity contribution is 0.861. The largest absolute Gasteiger partial charge is 0.365 e. The Morgan fingerprint density at radius 2 is 1.89 bits per heavy atom. The summed E-state index contributed by atoms with van der Waals surface area (Å²) in [6.07, 6.45) is 2.07. The molecular weight excluding hydrogens is 240 g/mol. The minimum atomic E-state index is 0.607. The van der Waals surface area contributed by atoms with Crippen molar-refractivity contribution >= 4 is 16.5 Å². The number of rotatable bonds is 5. The molecule has 18 heavy (non-hydrogen) atoms. The van der Waals surface area contributed by atoms with E-state index in [1.807, 2.05) is 7.05 Å². The van der Waals surface area contributed by atoms with E-state index in [2.05, 4.69) is 53.8 Å². The molecule has 1 aromatic heterocycles. The molecule has 0 spiro atoms. The van der Waals surface area contributed by atoms with Crippen molar-refractivity contribution in [3.05, 3.63) is 46.5 Å². The Labute approximate surface area is 113 Å². The van der Waals surface area contributed by atoms with Gasteiger partial charge in [0.25, 0.3) is 0 Å². The van der Waals surface area contributed by atoms with Crippen LogP contribution in [0.4, 0.5) is 5.13 Å². The normalized spacial score (nSPS) is 10.9. The van der Waals surface area contributed by atoms with E-state index in [9.17, 15) is 0 Å². The number of aromatic nitrogens is 1. The SMILES string of the molecule is CNc1nc(CCc2ccc(C(C)C)cc2)cs1. The van der Waals surface area contributed by atoms with E-state index in [1.54, 1.807) is 11.3 Å². The summed E-state index contributed by atoms with van der Waals surface area (Å²) >= 11 is 1.67. The van der Waals surface area contributed by atoms with Crippen LogP contribution in [0.2, 0.25) is 0 Å². The van der Waals surface area contributed by atoms with Crippen LogP contribution >= 0.6 is 11.3 Å². The van der Waals surface area contributed by atoms with E-state index in [0.29, 0.717) is 5.92 Å². The van der Waals surface area contributed by atoms with E-state index in [-0.39, 0.29) is 0 Å². The lowest BCUT2D eigenvalue weighted by Crippen LogP contribution is -1.94. The topological polar surface area (TPSA) is 24.9 Å². The van der Waals surface area contributed by atoms with Crippen molar-refractivity contribution < 1.29 is 0 Å². The Bertz CT molecular complexity index is 485. The first-order valence-corrected chi connectivity index (χ1v) is 7.28. The molecule has 0 bridgehead atoms. The average Bonchev–Trinajstić information content (AvgIpc) is 2.85. The van der Waals surface area contributed by atoms with E-state index < -0.39 is 0 Å². The summed E-state index contributed by atoms with van der Waals surface area (Å²) in [5.41, 5.74) is 3.97. The second-order valence-electron chi connectivity index (χ2n) is 4.79. The fourth-order valence-electron chi connectivity index (χ4n) is 1.88. The number of aryl methyl sites for hydroxylation is 2. The highest BCUT2D eigenvalue weighted by molar-refractivity contribution is 7.13. The van der Waals surface area contributed by atoms with Gasteiger partial charge in [-0.25, -0.2) is 4.98 Å². The molecule has 0 radical (unpaired) electrons. The molecular formula is C15H20N2S. The number of hydrogen-bond acceptors (Lipinski definition) is 3. The molecule has 2 rings (SSSR count). The van der Waals surface area contributed by atoms with Crippen molar-refractivity contribution in [1.82, 2.24) is 4.98 Å². The highest BCUT2D eigenvalue weighted by Gasteiger charge is 2.02. The zero-order valence-corrected chi connectivity index (χ0v) is 12.1. The standard InChI is InChI=1S/C15H20N2S/c1-11(2)13-7-4-12(5-8-13)6-9-14-10-18-15(16-3)17-14/h4-5,7-8,10-11H,6,9H2,1-3H3,(H,16,17). The molecule has 0 atom stereocenters. The fraction of sp³-hybridized carbons (Fsp3) is 0.400. The van der Waals surface area contributed by atoms with E-state index >= 15 is 0 Å². The maximum Gasteiger partial charge on any atom is 0.182 e. The molecule has 1 N–H and O–H groups in total. The Balaban J connectivity index is 1.93. The van der Waals surface area contributed by atoms with Crippen molar-refractivity contribution in [3.8, 4) is 0 Å². The van der Waals surface area contributed by atoms with Crippen LogP contribution in [-0.2, 0) is 12.8 Å². The van der Waals surface area contributed by atoms with Crippen LogP contribution in [0.5, 0.6) is 0 Å². The molecule has 96 valence electrons. The van der Waals surface area contributed by atoms with Crippen molar-refractivity contribution in [3.63, 3.8) is 0 Å². The Kier molecular flexibility index (Phi) is 4.37. The van der Waals surface area contributed by atoms with Crippen LogP contribution in [0.3, 0.4) is 0 Å². The van der Waals surface area contributed by atoms with Gasteiger partial charge in [0.15, 0.2) is 5.13 Å². The molecule has 2 aromatic rings. The van der Waals surface area contributed by atoms with Crippen LogP contribution < -0.4 is 5.32 Å². The van der Waals surface area contributed by atoms with Crippen LogP contribution in [0.15, 0.2) is 29.6 Å². The van der Waals surface area contributed by atoms with Gasteiger partial charge in [-0.2, -0.15) is 0 Å². The summed E-state index contributed by atoms with van der Waals surface area (Å²) in [5.74, 6) is 0.607. The van der Waals surface area contributed by atoms with Crippen LogP contribution in [0.25, 0.3) is 0 Å². The van der Waals surface area contributed by atoms with Gasteiger partial charge in [-0.15, -0.1) is 11.3 Å². The molecule has 0 aliphatic rings. The maximum absolute atomic E-state index is 4.50. The third-order valence-electron chi connectivity index (χ3n) is 3.08. The van der Waals surface area contributed by atoms with Gasteiger partial charge in [-0.1, -0.05) is 38.1 Å². The van der Waals surface area contributed by atoms with E-state index in [0.717, 1.165) is 18.0 Å². The third kappa shape index (κ3) is 3.33. The number of thiazole rings is 1. The second kappa shape index (κ2) is 6.01. The van der Waals surface area contributed by atoms with Crippen molar-refractivity contribution in [2.75, 3.05) is 12.4 Å². The molecule has 0 saturated carbocycles. The lowest BCUT2D eigenvalue weighted by Gasteiger charge is -2.06. The molecule has 1 heterocycles. The van der Waals surface area contributed by atoms with Crippen molar-refractivity contribution in [1.29, 1.82) is 0 Å². The molecule has 0 saturated heterocycles. The van der Waals surface area contributed by atoms with E-state index in [4.69, 9.17) is 0 Å². The molecule has 3 heteroatoms. The molecule has 0 aliphatic heterocycles. The van der Waals surface area contributed by atoms with Crippen LogP contribution in [0, 0.1) is 0 Å². The van der Waals surface area contributed by atoms with Crippen molar-refractivity contribution in [2.45, 2.75) is 32.6 Å². The molecule has 0 aliphatic carbocycles. The summed E-state index contributed by atoms with van der Waals surface area (Å²) < 4.78 is 0. The van der Waals surface area contributed by atoms with Gasteiger partial charge < -0.3 is 5.32 Å². The summed E-state index contributed by atoms with van der Waals surface area (Å²) in [6, 6.07) is 8.95. The lowest BCUT2D eigenvalue weighted by atomic mass is 10.00. The Hall–Kier alpha value is -1.35. The maximum atomic E-state index is 4.50. The zero-order valence-electron chi connectivity index (χ0n) is 11.2. The smallest absolute Gasteiger partial charge is 0.182 e. The minimum Gasteiger partial charge on any atom is -0.365 e.